The number of fused-ring (bicyclic) bond motifs is 1. The molecule has 10 heteroatoms. The van der Waals surface area contributed by atoms with Gasteiger partial charge in [-0.2, -0.15) is 5.10 Å². The number of amides is 2. The van der Waals surface area contributed by atoms with Crippen LogP contribution < -0.4 is 5.32 Å². The van der Waals surface area contributed by atoms with Crippen LogP contribution in [0.5, 0.6) is 0 Å². The number of carbonyl (C=O) groups is 2. The second kappa shape index (κ2) is 8.62. The van der Waals surface area contributed by atoms with E-state index in [1.54, 1.807) is 22.0 Å². The van der Waals surface area contributed by atoms with Crippen LogP contribution in [0, 0.1) is 5.82 Å². The fourth-order valence-corrected chi connectivity index (χ4v) is 4.31. The molecule has 0 saturated carbocycles. The molecule has 2 atom stereocenters. The quantitative estimate of drug-likeness (QED) is 0.760. The highest BCUT2D eigenvalue weighted by atomic mass is 19.1. The topological polar surface area (TPSA) is 83.8 Å². The molecule has 1 aromatic carbocycles. The Morgan fingerprint density at radius 1 is 1.19 bits per heavy atom. The molecule has 0 aliphatic carbocycles. The van der Waals surface area contributed by atoms with E-state index < -0.39 is 0 Å². The highest BCUT2D eigenvalue weighted by Crippen LogP contribution is 2.25. The lowest BCUT2D eigenvalue weighted by Crippen LogP contribution is -2.62. The van der Waals surface area contributed by atoms with Crippen LogP contribution in [-0.4, -0.2) is 102 Å². The molecule has 0 unspecified atom stereocenters. The normalized spacial score (nSPS) is 24.1. The number of likely N-dealkylation sites (N-methyl/N-ethyl adjacent to an activating group) is 2. The van der Waals surface area contributed by atoms with E-state index in [1.807, 2.05) is 20.9 Å². The smallest absolute Gasteiger partial charge is 0.256 e. The molecule has 0 bridgehead atoms. The summed E-state index contributed by atoms with van der Waals surface area (Å²) in [6.07, 6.45) is 0. The molecule has 1 saturated heterocycles. The average molecular weight is 430 g/mol. The average Bonchev–Trinajstić information content (AvgIpc) is 3.04. The Hall–Kier alpha value is -3.01. The number of anilines is 1. The van der Waals surface area contributed by atoms with Crippen molar-refractivity contribution >= 4 is 29.2 Å². The summed E-state index contributed by atoms with van der Waals surface area (Å²) in [5.41, 5.74) is 1.43. The summed E-state index contributed by atoms with van der Waals surface area (Å²) in [4.78, 5) is 36.2. The number of aliphatic imine (C=N–C) groups is 1. The van der Waals surface area contributed by atoms with Crippen molar-refractivity contribution in [1.29, 1.82) is 0 Å². The van der Waals surface area contributed by atoms with E-state index in [4.69, 9.17) is 4.99 Å². The lowest BCUT2D eigenvalue weighted by atomic mass is 10.0. The molecular formula is C21H28FN7O2. The molecule has 0 spiro atoms. The highest BCUT2D eigenvalue weighted by molar-refractivity contribution is 6.08. The van der Waals surface area contributed by atoms with Crippen molar-refractivity contribution in [2.75, 3.05) is 51.6 Å². The molecule has 3 aliphatic rings. The van der Waals surface area contributed by atoms with Crippen molar-refractivity contribution < 1.29 is 14.0 Å². The van der Waals surface area contributed by atoms with Gasteiger partial charge in [-0.05, 0) is 38.1 Å². The molecule has 1 fully saturated rings. The van der Waals surface area contributed by atoms with E-state index in [2.05, 4.69) is 20.2 Å². The van der Waals surface area contributed by atoms with Crippen molar-refractivity contribution in [1.82, 2.24) is 19.7 Å². The van der Waals surface area contributed by atoms with E-state index in [0.717, 1.165) is 5.71 Å². The first kappa shape index (κ1) is 21.2. The first-order valence-corrected chi connectivity index (χ1v) is 10.6. The summed E-state index contributed by atoms with van der Waals surface area (Å²) in [5.74, 6) is 0.260. The molecule has 0 aromatic heterocycles. The van der Waals surface area contributed by atoms with Crippen LogP contribution in [0.25, 0.3) is 0 Å². The summed E-state index contributed by atoms with van der Waals surface area (Å²) < 4.78 is 13.0. The predicted molar refractivity (Wildman–Crippen MR) is 116 cm³/mol. The monoisotopic (exact) mass is 429 g/mol. The third kappa shape index (κ3) is 4.25. The van der Waals surface area contributed by atoms with Crippen LogP contribution in [-0.2, 0) is 9.59 Å². The Labute approximate surface area is 181 Å². The third-order valence-corrected chi connectivity index (χ3v) is 5.93. The van der Waals surface area contributed by atoms with Gasteiger partial charge in [0.05, 0.1) is 12.3 Å². The Morgan fingerprint density at radius 3 is 2.52 bits per heavy atom. The second-order valence-corrected chi connectivity index (χ2v) is 8.03. The summed E-state index contributed by atoms with van der Waals surface area (Å²) in [7, 11) is 1.82. The number of hydrogen-bond donors (Lipinski definition) is 1. The van der Waals surface area contributed by atoms with Gasteiger partial charge in [0, 0.05) is 45.5 Å². The van der Waals surface area contributed by atoms with E-state index in [9.17, 15) is 14.0 Å². The largest absolute Gasteiger partial charge is 0.340 e. The summed E-state index contributed by atoms with van der Waals surface area (Å²) >= 11 is 0. The minimum absolute atomic E-state index is 0.0294. The Bertz CT molecular complexity index is 909. The molecule has 1 N–H and O–H groups in total. The number of hydrazone groups is 1. The van der Waals surface area contributed by atoms with Crippen molar-refractivity contribution in [2.24, 2.45) is 10.1 Å². The number of piperazine rings is 1. The molecule has 31 heavy (non-hydrogen) atoms. The first-order valence-electron chi connectivity index (χ1n) is 10.6. The number of nitrogens with zero attached hydrogens (tertiary/aromatic N) is 6. The molecular weight excluding hydrogens is 401 g/mol. The molecule has 3 heterocycles. The van der Waals surface area contributed by atoms with E-state index >= 15 is 0 Å². The van der Waals surface area contributed by atoms with Gasteiger partial charge in [0.25, 0.3) is 5.91 Å². The number of benzene rings is 1. The Kier molecular flexibility index (Phi) is 5.90. The van der Waals surface area contributed by atoms with Crippen LogP contribution in [0.15, 0.2) is 34.4 Å². The number of guanidine groups is 1. The zero-order chi connectivity index (χ0) is 22.1. The van der Waals surface area contributed by atoms with Crippen LogP contribution in [0.1, 0.15) is 13.8 Å². The van der Waals surface area contributed by atoms with Crippen LogP contribution >= 0.6 is 0 Å². The number of nitrogens with one attached hydrogen (secondary N) is 1. The summed E-state index contributed by atoms with van der Waals surface area (Å²) in [5, 5.41) is 8.92. The molecule has 166 valence electrons. The predicted octanol–water partition coefficient (Wildman–Crippen LogP) is 0.658. The van der Waals surface area contributed by atoms with Crippen molar-refractivity contribution in [2.45, 2.75) is 25.9 Å². The SMILES string of the molecule is CCN1C(=O)[C@@H]2[C@H](N=C1N1CCN(CC(=O)Nc3ccc(F)cc3)CC1)C(C)=NN2C. The maximum Gasteiger partial charge on any atom is 0.256 e. The third-order valence-electron chi connectivity index (χ3n) is 5.93. The minimum atomic E-state index is -0.361. The lowest BCUT2D eigenvalue weighted by Gasteiger charge is -2.42. The van der Waals surface area contributed by atoms with Gasteiger partial charge in [-0.25, -0.2) is 9.38 Å². The number of halogens is 1. The second-order valence-electron chi connectivity index (χ2n) is 8.03. The van der Waals surface area contributed by atoms with Gasteiger partial charge < -0.3 is 10.2 Å². The van der Waals surface area contributed by atoms with Crippen LogP contribution in [0.3, 0.4) is 0 Å². The van der Waals surface area contributed by atoms with Crippen molar-refractivity contribution in [3.63, 3.8) is 0 Å². The van der Waals surface area contributed by atoms with Crippen LogP contribution in [0.2, 0.25) is 0 Å². The van der Waals surface area contributed by atoms with Crippen LogP contribution in [0.4, 0.5) is 10.1 Å². The molecule has 9 nitrogen and oxygen atoms in total. The van der Waals surface area contributed by atoms with Gasteiger partial charge in [0.15, 0.2) is 6.04 Å². The Balaban J connectivity index is 1.36. The van der Waals surface area contributed by atoms with E-state index in [0.29, 0.717) is 44.4 Å². The standard InChI is InChI=1S/C21H28FN7O2/c1-4-29-20(31)19-18(14(2)25-26(19)3)24-21(29)28-11-9-27(10-12-28)13-17(30)23-16-7-5-15(22)6-8-16/h5-8,18-19H,4,9-13H2,1-3H3,(H,23,30)/t18-,19+/m1/s1. The molecule has 1 aromatic rings. The zero-order valence-electron chi connectivity index (χ0n) is 18.1. The maximum atomic E-state index is 13.1. The summed E-state index contributed by atoms with van der Waals surface area (Å²) in [6, 6.07) is 5.12. The van der Waals surface area contributed by atoms with Gasteiger partial charge >= 0.3 is 0 Å². The fraction of sp³-hybridized carbons (Fsp3) is 0.524. The van der Waals surface area contributed by atoms with Crippen molar-refractivity contribution in [3.8, 4) is 0 Å². The van der Waals surface area contributed by atoms with Gasteiger partial charge in [-0.15, -0.1) is 0 Å². The maximum absolute atomic E-state index is 13.1. The molecule has 2 amide bonds. The highest BCUT2D eigenvalue weighted by Gasteiger charge is 2.46. The van der Waals surface area contributed by atoms with Gasteiger partial charge in [-0.3, -0.25) is 24.4 Å². The molecule has 4 rings (SSSR count). The number of rotatable bonds is 4. The van der Waals surface area contributed by atoms with Gasteiger partial charge in [-0.1, -0.05) is 0 Å². The van der Waals surface area contributed by atoms with Crippen molar-refractivity contribution in [3.05, 3.63) is 30.1 Å². The minimum Gasteiger partial charge on any atom is -0.340 e. The van der Waals surface area contributed by atoms with Gasteiger partial charge in [0.1, 0.15) is 11.9 Å². The molecule has 0 radical (unpaired) electrons. The summed E-state index contributed by atoms with van der Waals surface area (Å²) in [6.45, 7) is 7.39. The fourth-order valence-electron chi connectivity index (χ4n) is 4.31. The lowest BCUT2D eigenvalue weighted by molar-refractivity contribution is -0.133. The number of carbonyl (C=O) groups excluding carboxylic acids is 2. The van der Waals surface area contributed by atoms with E-state index in [-0.39, 0.29) is 36.3 Å². The van der Waals surface area contributed by atoms with Gasteiger partial charge in [0.2, 0.25) is 11.9 Å². The molecule has 3 aliphatic heterocycles. The number of hydrogen-bond acceptors (Lipinski definition) is 7. The Morgan fingerprint density at radius 2 is 1.87 bits per heavy atom. The van der Waals surface area contributed by atoms with E-state index in [1.165, 1.54) is 12.1 Å². The zero-order valence-corrected chi connectivity index (χ0v) is 18.1. The first-order chi connectivity index (χ1) is 14.9.